The normalized spacial score (nSPS) is 18.3. The van der Waals surface area contributed by atoms with Crippen molar-refractivity contribution in [1.82, 2.24) is 4.90 Å². The molecule has 5 heteroatoms. The van der Waals surface area contributed by atoms with E-state index in [0.29, 0.717) is 0 Å². The van der Waals surface area contributed by atoms with Gasteiger partial charge in [0.2, 0.25) is 0 Å². The number of carbonyl (C=O) groups excluding carboxylic acids is 2. The van der Waals surface area contributed by atoms with Crippen molar-refractivity contribution in [1.29, 1.82) is 5.26 Å². The second kappa shape index (κ2) is 3.12. The molecule has 1 heterocycles. The highest BCUT2D eigenvalue weighted by atomic mass is 16.5. The molecule has 1 aliphatic rings. The van der Waals surface area contributed by atoms with Gasteiger partial charge in [0.25, 0.3) is 11.8 Å². The fraction of sp³-hybridized carbons (Fsp3) is 0.500. The van der Waals surface area contributed by atoms with Crippen molar-refractivity contribution in [2.75, 3.05) is 19.8 Å². The molecule has 0 aliphatic carbocycles. The standard InChI is InChI=1S/C6H6N2O3/c7-1-2-8-5(9)3-11-4-6(8)10/h2-4H2. The number of amides is 2. The molecule has 0 spiro atoms. The Labute approximate surface area is 63.1 Å². The lowest BCUT2D eigenvalue weighted by atomic mass is 10.4. The van der Waals surface area contributed by atoms with Gasteiger partial charge in [0.05, 0.1) is 6.07 Å². The third-order valence-electron chi connectivity index (χ3n) is 1.28. The highest BCUT2D eigenvalue weighted by molar-refractivity contribution is 5.98. The van der Waals surface area contributed by atoms with Crippen LogP contribution in [-0.4, -0.2) is 36.5 Å². The Kier molecular flexibility index (Phi) is 2.18. The second-order valence-electron chi connectivity index (χ2n) is 2.02. The second-order valence-corrected chi connectivity index (χ2v) is 2.02. The van der Waals surface area contributed by atoms with E-state index in [-0.39, 0.29) is 19.8 Å². The van der Waals surface area contributed by atoms with E-state index in [4.69, 9.17) is 5.26 Å². The molecule has 1 aliphatic heterocycles. The summed E-state index contributed by atoms with van der Waals surface area (Å²) >= 11 is 0. The molecule has 1 rings (SSSR count). The summed E-state index contributed by atoms with van der Waals surface area (Å²) in [5, 5.41) is 8.22. The molecule has 0 atom stereocenters. The Bertz CT molecular complexity index is 214. The minimum absolute atomic E-state index is 0.104. The van der Waals surface area contributed by atoms with Gasteiger partial charge < -0.3 is 4.74 Å². The summed E-state index contributed by atoms with van der Waals surface area (Å²) in [5.74, 6) is -0.884. The summed E-state index contributed by atoms with van der Waals surface area (Å²) < 4.78 is 4.62. The molecule has 2 amide bonds. The molecule has 58 valence electrons. The third kappa shape index (κ3) is 1.53. The van der Waals surface area contributed by atoms with Crippen molar-refractivity contribution in [3.8, 4) is 6.07 Å². The molecule has 0 saturated carbocycles. The van der Waals surface area contributed by atoms with Gasteiger partial charge >= 0.3 is 0 Å². The number of nitriles is 1. The summed E-state index contributed by atoms with van der Waals surface area (Å²) in [6.45, 7) is -0.387. The van der Waals surface area contributed by atoms with E-state index in [1.807, 2.05) is 0 Å². The van der Waals surface area contributed by atoms with Crippen LogP contribution in [0.1, 0.15) is 0 Å². The fourth-order valence-corrected chi connectivity index (χ4v) is 0.768. The molecule has 0 aromatic rings. The van der Waals surface area contributed by atoms with E-state index in [1.54, 1.807) is 6.07 Å². The molecule has 0 bridgehead atoms. The third-order valence-corrected chi connectivity index (χ3v) is 1.28. The SMILES string of the molecule is N#CCN1C(=O)COCC1=O. The van der Waals surface area contributed by atoms with Gasteiger partial charge in [-0.1, -0.05) is 0 Å². The average molecular weight is 154 g/mol. The molecular formula is C6H6N2O3. The lowest BCUT2D eigenvalue weighted by Crippen LogP contribution is -2.46. The lowest BCUT2D eigenvalue weighted by molar-refractivity contribution is -0.157. The van der Waals surface area contributed by atoms with E-state index in [0.717, 1.165) is 4.90 Å². The van der Waals surface area contributed by atoms with Gasteiger partial charge in [-0.2, -0.15) is 5.26 Å². The average Bonchev–Trinajstić information content (AvgIpc) is 1.97. The maximum absolute atomic E-state index is 10.8. The van der Waals surface area contributed by atoms with Gasteiger partial charge in [0.15, 0.2) is 0 Å². The molecule has 0 radical (unpaired) electrons. The maximum Gasteiger partial charge on any atom is 0.256 e. The minimum Gasteiger partial charge on any atom is -0.362 e. The van der Waals surface area contributed by atoms with Gasteiger partial charge in [-0.25, -0.2) is 0 Å². The van der Waals surface area contributed by atoms with Crippen LogP contribution in [0.5, 0.6) is 0 Å². The summed E-state index contributed by atoms with van der Waals surface area (Å²) in [4.78, 5) is 22.5. The van der Waals surface area contributed by atoms with E-state index in [1.165, 1.54) is 0 Å². The van der Waals surface area contributed by atoms with Crippen LogP contribution in [0.2, 0.25) is 0 Å². The van der Waals surface area contributed by atoms with E-state index < -0.39 is 11.8 Å². The molecule has 1 saturated heterocycles. The number of morpholine rings is 1. The van der Waals surface area contributed by atoms with Crippen molar-refractivity contribution in [3.05, 3.63) is 0 Å². The van der Waals surface area contributed by atoms with Crippen LogP contribution in [0.4, 0.5) is 0 Å². The number of hydrogen-bond acceptors (Lipinski definition) is 4. The maximum atomic E-state index is 10.8. The Morgan fingerprint density at radius 2 is 2.00 bits per heavy atom. The zero-order valence-corrected chi connectivity index (χ0v) is 5.74. The van der Waals surface area contributed by atoms with Crippen LogP contribution in [0.3, 0.4) is 0 Å². The Morgan fingerprint density at radius 1 is 1.45 bits per heavy atom. The van der Waals surface area contributed by atoms with Crippen molar-refractivity contribution < 1.29 is 14.3 Å². The first-order valence-corrected chi connectivity index (χ1v) is 3.03. The Morgan fingerprint density at radius 3 is 2.45 bits per heavy atom. The van der Waals surface area contributed by atoms with E-state index in [2.05, 4.69) is 4.74 Å². The van der Waals surface area contributed by atoms with Crippen LogP contribution in [0, 0.1) is 11.3 Å². The van der Waals surface area contributed by atoms with Crippen LogP contribution >= 0.6 is 0 Å². The monoisotopic (exact) mass is 154 g/mol. The molecular weight excluding hydrogens is 148 g/mol. The number of imide groups is 1. The number of hydrogen-bond donors (Lipinski definition) is 0. The largest absolute Gasteiger partial charge is 0.362 e. The highest BCUT2D eigenvalue weighted by Gasteiger charge is 2.25. The smallest absolute Gasteiger partial charge is 0.256 e. The van der Waals surface area contributed by atoms with Gasteiger partial charge in [-0.05, 0) is 0 Å². The van der Waals surface area contributed by atoms with Crippen LogP contribution in [-0.2, 0) is 14.3 Å². The molecule has 11 heavy (non-hydrogen) atoms. The van der Waals surface area contributed by atoms with Crippen molar-refractivity contribution in [2.24, 2.45) is 0 Å². The highest BCUT2D eigenvalue weighted by Crippen LogP contribution is 1.98. The van der Waals surface area contributed by atoms with Gasteiger partial charge in [-0.15, -0.1) is 0 Å². The van der Waals surface area contributed by atoms with Crippen molar-refractivity contribution >= 4 is 11.8 Å². The summed E-state index contributed by atoms with van der Waals surface area (Å²) in [7, 11) is 0. The molecule has 0 aromatic heterocycles. The molecule has 1 fully saturated rings. The summed E-state index contributed by atoms with van der Waals surface area (Å²) in [6.07, 6.45) is 0. The number of nitrogens with zero attached hydrogens (tertiary/aromatic N) is 2. The van der Waals surface area contributed by atoms with Crippen molar-refractivity contribution in [2.45, 2.75) is 0 Å². The first-order chi connectivity index (χ1) is 5.25. The zero-order chi connectivity index (χ0) is 8.27. The Hall–Kier alpha value is -1.41. The predicted octanol–water partition coefficient (Wildman–Crippen LogP) is -1.10. The van der Waals surface area contributed by atoms with Gasteiger partial charge in [0, 0.05) is 0 Å². The van der Waals surface area contributed by atoms with Crippen molar-refractivity contribution in [3.63, 3.8) is 0 Å². The van der Waals surface area contributed by atoms with Gasteiger partial charge in [0.1, 0.15) is 19.8 Å². The quantitative estimate of drug-likeness (QED) is 0.355. The number of ether oxygens (including phenoxy) is 1. The topological polar surface area (TPSA) is 70.4 Å². The molecule has 0 unspecified atom stereocenters. The summed E-state index contributed by atoms with van der Waals surface area (Å²) in [5.41, 5.74) is 0. The number of rotatable bonds is 1. The minimum atomic E-state index is -0.442. The molecule has 0 aromatic carbocycles. The summed E-state index contributed by atoms with van der Waals surface area (Å²) in [6, 6.07) is 1.73. The van der Waals surface area contributed by atoms with Crippen LogP contribution < -0.4 is 0 Å². The fourth-order valence-electron chi connectivity index (χ4n) is 0.768. The molecule has 5 nitrogen and oxygen atoms in total. The van der Waals surface area contributed by atoms with Gasteiger partial charge in [-0.3, -0.25) is 14.5 Å². The Balaban J connectivity index is 2.64. The van der Waals surface area contributed by atoms with E-state index in [9.17, 15) is 9.59 Å². The molecule has 0 N–H and O–H groups in total. The lowest BCUT2D eigenvalue weighted by Gasteiger charge is -2.21. The van der Waals surface area contributed by atoms with Crippen LogP contribution in [0.15, 0.2) is 0 Å². The first kappa shape index (κ1) is 7.69. The van der Waals surface area contributed by atoms with E-state index >= 15 is 0 Å². The van der Waals surface area contributed by atoms with Crippen LogP contribution in [0.25, 0.3) is 0 Å². The zero-order valence-electron chi connectivity index (χ0n) is 5.74. The predicted molar refractivity (Wildman–Crippen MR) is 33.2 cm³/mol. The number of carbonyl (C=O) groups is 2. The first-order valence-electron chi connectivity index (χ1n) is 3.03.